The average Bonchev–Trinajstić information content (AvgIpc) is 2.97. The molecule has 156 valence electrons. The van der Waals surface area contributed by atoms with Gasteiger partial charge in [-0.25, -0.2) is 9.79 Å². The third-order valence-electron chi connectivity index (χ3n) is 4.56. The Morgan fingerprint density at radius 2 is 1.93 bits per heavy atom. The number of amidine groups is 1. The number of likely N-dealkylation sites (N-methyl/N-ethyl adjacent to an activating group) is 1. The van der Waals surface area contributed by atoms with Crippen molar-refractivity contribution in [2.45, 2.75) is 13.8 Å². The smallest absolute Gasteiger partial charge is 0.341 e. The Kier molecular flexibility index (Phi) is 6.47. The van der Waals surface area contributed by atoms with E-state index in [1.54, 1.807) is 31.3 Å². The molecule has 1 heterocycles. The summed E-state index contributed by atoms with van der Waals surface area (Å²) in [6.45, 7) is 3.60. The van der Waals surface area contributed by atoms with E-state index in [9.17, 15) is 9.59 Å². The van der Waals surface area contributed by atoms with Crippen molar-refractivity contribution < 1.29 is 24.2 Å². The van der Waals surface area contributed by atoms with Gasteiger partial charge in [-0.15, -0.1) is 0 Å². The number of aliphatic imine (C=N–C) groups is 1. The summed E-state index contributed by atoms with van der Waals surface area (Å²) in [4.78, 5) is 30.0. The van der Waals surface area contributed by atoms with Crippen LogP contribution in [0.3, 0.4) is 0 Å². The highest BCUT2D eigenvalue weighted by Gasteiger charge is 2.30. The summed E-state index contributed by atoms with van der Waals surface area (Å²) >= 11 is 1.30. The summed E-state index contributed by atoms with van der Waals surface area (Å²) in [6.07, 6.45) is 1.75. The number of nitrogens with zero attached hydrogens (tertiary/aromatic N) is 2. The monoisotopic (exact) mass is 426 g/mol. The molecule has 0 saturated carbocycles. The molecule has 0 radical (unpaired) electrons. The number of methoxy groups -OCH3 is 1. The van der Waals surface area contributed by atoms with Gasteiger partial charge in [0.05, 0.1) is 17.7 Å². The van der Waals surface area contributed by atoms with E-state index >= 15 is 0 Å². The molecule has 0 bridgehead atoms. The number of carbonyl (C=O) groups is 2. The molecule has 0 aromatic heterocycles. The number of hydrogen-bond acceptors (Lipinski definition) is 6. The zero-order valence-electron chi connectivity index (χ0n) is 17.1. The highest BCUT2D eigenvalue weighted by molar-refractivity contribution is 8.18. The van der Waals surface area contributed by atoms with E-state index in [0.29, 0.717) is 21.6 Å². The maximum atomic E-state index is 12.7. The first kappa shape index (κ1) is 21.4. The lowest BCUT2D eigenvalue weighted by Gasteiger charge is -2.10. The van der Waals surface area contributed by atoms with Gasteiger partial charge in [0.1, 0.15) is 0 Å². The molecule has 1 N–H and O–H groups in total. The molecular weight excluding hydrogens is 404 g/mol. The lowest BCUT2D eigenvalue weighted by atomic mass is 10.1. The Balaban J connectivity index is 1.85. The molecule has 0 unspecified atom stereocenters. The lowest BCUT2D eigenvalue weighted by Crippen LogP contribution is -2.23. The van der Waals surface area contributed by atoms with Gasteiger partial charge in [0.15, 0.2) is 23.3 Å². The van der Waals surface area contributed by atoms with Gasteiger partial charge < -0.3 is 14.6 Å². The van der Waals surface area contributed by atoms with Gasteiger partial charge in [-0.05, 0) is 72.6 Å². The van der Waals surface area contributed by atoms with Crippen LogP contribution < -0.4 is 9.47 Å². The highest BCUT2D eigenvalue weighted by atomic mass is 32.2. The molecule has 0 atom stereocenters. The van der Waals surface area contributed by atoms with E-state index < -0.39 is 12.6 Å². The second-order valence-electron chi connectivity index (χ2n) is 6.73. The number of benzene rings is 2. The van der Waals surface area contributed by atoms with E-state index in [-0.39, 0.29) is 5.91 Å². The van der Waals surface area contributed by atoms with Crippen LogP contribution in [0.4, 0.5) is 5.69 Å². The van der Waals surface area contributed by atoms with Gasteiger partial charge in [-0.1, -0.05) is 12.1 Å². The van der Waals surface area contributed by atoms with Gasteiger partial charge in [0, 0.05) is 7.05 Å². The Morgan fingerprint density at radius 3 is 2.60 bits per heavy atom. The highest BCUT2D eigenvalue weighted by Crippen LogP contribution is 2.35. The summed E-state index contributed by atoms with van der Waals surface area (Å²) in [6, 6.07) is 11.0. The first-order chi connectivity index (χ1) is 14.3. The summed E-state index contributed by atoms with van der Waals surface area (Å²) in [5.74, 6) is -0.512. The fourth-order valence-electron chi connectivity index (χ4n) is 2.74. The van der Waals surface area contributed by atoms with Gasteiger partial charge in [0.2, 0.25) is 0 Å². The molecule has 30 heavy (non-hydrogen) atoms. The van der Waals surface area contributed by atoms with Crippen molar-refractivity contribution in [3.05, 3.63) is 58.0 Å². The van der Waals surface area contributed by atoms with Gasteiger partial charge in [0.25, 0.3) is 5.91 Å². The molecule has 1 aliphatic rings. The molecule has 8 heteroatoms. The largest absolute Gasteiger partial charge is 0.493 e. The van der Waals surface area contributed by atoms with Gasteiger partial charge in [-0.3, -0.25) is 9.69 Å². The van der Waals surface area contributed by atoms with Crippen molar-refractivity contribution in [2.75, 3.05) is 20.8 Å². The van der Waals surface area contributed by atoms with E-state index in [1.807, 2.05) is 32.0 Å². The van der Waals surface area contributed by atoms with Crippen LogP contribution in [-0.2, 0) is 9.59 Å². The van der Waals surface area contributed by atoms with Crippen LogP contribution in [0.2, 0.25) is 0 Å². The Morgan fingerprint density at radius 1 is 1.17 bits per heavy atom. The summed E-state index contributed by atoms with van der Waals surface area (Å²) in [7, 11) is 3.16. The van der Waals surface area contributed by atoms with Crippen LogP contribution >= 0.6 is 11.8 Å². The number of carboxylic acid groups (broad SMARTS) is 1. The number of aryl methyl sites for hydroxylation is 2. The van der Waals surface area contributed by atoms with Gasteiger partial charge >= 0.3 is 5.97 Å². The second-order valence-corrected chi connectivity index (χ2v) is 7.74. The normalized spacial score (nSPS) is 16.4. The molecule has 0 aliphatic carbocycles. The first-order valence-electron chi connectivity index (χ1n) is 9.14. The maximum Gasteiger partial charge on any atom is 0.341 e. The third kappa shape index (κ3) is 4.83. The molecule has 2 aromatic rings. The van der Waals surface area contributed by atoms with Crippen LogP contribution in [0.5, 0.6) is 11.5 Å². The predicted molar refractivity (Wildman–Crippen MR) is 117 cm³/mol. The van der Waals surface area contributed by atoms with Crippen molar-refractivity contribution in [3.8, 4) is 11.5 Å². The van der Waals surface area contributed by atoms with Crippen molar-refractivity contribution in [2.24, 2.45) is 4.99 Å². The van der Waals surface area contributed by atoms with Crippen LogP contribution in [0.25, 0.3) is 6.08 Å². The molecule has 1 fully saturated rings. The molecule has 7 nitrogen and oxygen atoms in total. The Bertz CT molecular complexity index is 1060. The van der Waals surface area contributed by atoms with Crippen LogP contribution in [0, 0.1) is 13.8 Å². The minimum absolute atomic E-state index is 0.146. The van der Waals surface area contributed by atoms with Gasteiger partial charge in [-0.2, -0.15) is 0 Å². The number of amides is 1. The zero-order valence-corrected chi connectivity index (χ0v) is 17.9. The molecule has 1 amide bonds. The van der Waals surface area contributed by atoms with E-state index in [2.05, 4.69) is 4.99 Å². The minimum atomic E-state index is -1.07. The standard InChI is InChI=1S/C22H22N2O5S/c1-13-5-7-16(9-14(13)2)23-22-24(3)21(27)19(30-22)11-15-6-8-17(18(10-15)28-4)29-12-20(25)26/h5-11H,12H2,1-4H3,(H,25,26)/b19-11-,23-22?. The molecule has 1 saturated heterocycles. The first-order valence-corrected chi connectivity index (χ1v) is 9.96. The van der Waals surface area contributed by atoms with Crippen LogP contribution in [-0.4, -0.2) is 47.8 Å². The van der Waals surface area contributed by atoms with Crippen molar-refractivity contribution in [1.82, 2.24) is 4.90 Å². The van der Waals surface area contributed by atoms with E-state index in [0.717, 1.165) is 16.8 Å². The quantitative estimate of drug-likeness (QED) is 0.702. The zero-order chi connectivity index (χ0) is 21.8. The predicted octanol–water partition coefficient (Wildman–Crippen LogP) is 4.01. The number of aliphatic carboxylic acids is 1. The number of ether oxygens (including phenoxy) is 2. The topological polar surface area (TPSA) is 88.4 Å². The number of thioether (sulfide) groups is 1. The van der Waals surface area contributed by atoms with Crippen LogP contribution in [0.1, 0.15) is 16.7 Å². The summed E-state index contributed by atoms with van der Waals surface area (Å²) in [5.41, 5.74) is 3.85. The molecular formula is C22H22N2O5S. The Hall–Kier alpha value is -3.26. The second kappa shape index (κ2) is 9.04. The third-order valence-corrected chi connectivity index (χ3v) is 5.62. The van der Waals surface area contributed by atoms with E-state index in [4.69, 9.17) is 14.6 Å². The average molecular weight is 426 g/mol. The summed E-state index contributed by atoms with van der Waals surface area (Å²) < 4.78 is 10.5. The Labute approximate surface area is 179 Å². The van der Waals surface area contributed by atoms with E-state index in [1.165, 1.54) is 29.3 Å². The number of rotatable bonds is 6. The summed E-state index contributed by atoms with van der Waals surface area (Å²) in [5, 5.41) is 9.36. The van der Waals surface area contributed by atoms with Crippen molar-refractivity contribution in [1.29, 1.82) is 0 Å². The lowest BCUT2D eigenvalue weighted by molar-refractivity contribution is -0.139. The molecule has 3 rings (SSSR count). The maximum absolute atomic E-state index is 12.7. The fraction of sp³-hybridized carbons (Fsp3) is 0.227. The van der Waals surface area contributed by atoms with Crippen molar-refractivity contribution >= 4 is 40.6 Å². The number of carbonyl (C=O) groups excluding carboxylic acids is 1. The molecule has 1 aliphatic heterocycles. The fourth-order valence-corrected chi connectivity index (χ4v) is 3.73. The minimum Gasteiger partial charge on any atom is -0.493 e. The SMILES string of the molecule is COc1cc(/C=C2\SC(=Nc3ccc(C)c(C)c3)N(C)C2=O)ccc1OCC(=O)O. The number of hydrogen-bond donors (Lipinski definition) is 1. The molecule has 0 spiro atoms. The number of carboxylic acids is 1. The van der Waals surface area contributed by atoms with Crippen LogP contribution in [0.15, 0.2) is 46.3 Å². The van der Waals surface area contributed by atoms with Crippen molar-refractivity contribution in [3.63, 3.8) is 0 Å². The molecule has 2 aromatic carbocycles.